The van der Waals surface area contributed by atoms with Gasteiger partial charge in [-0.25, -0.2) is 0 Å². The average Bonchev–Trinajstić information content (AvgIpc) is 2.01. The normalized spacial score (nSPS) is 30.8. The summed E-state index contributed by atoms with van der Waals surface area (Å²) in [6.07, 6.45) is 1.21. The first-order valence-corrected chi connectivity index (χ1v) is 4.72. The van der Waals surface area contributed by atoms with Gasteiger partial charge in [-0.1, -0.05) is 6.92 Å². The van der Waals surface area contributed by atoms with Crippen molar-refractivity contribution in [3.63, 3.8) is 0 Å². The maximum Gasteiger partial charge on any atom is 0.0558 e. The molecule has 0 radical (unpaired) electrons. The van der Waals surface area contributed by atoms with E-state index in [0.717, 1.165) is 13.1 Å². The molecule has 0 bridgehead atoms. The van der Waals surface area contributed by atoms with Crippen molar-refractivity contribution in [1.82, 2.24) is 9.80 Å². The van der Waals surface area contributed by atoms with Crippen LogP contribution in [0.25, 0.3) is 0 Å². The summed E-state index contributed by atoms with van der Waals surface area (Å²) in [5.41, 5.74) is 0. The molecule has 0 aromatic carbocycles. The van der Waals surface area contributed by atoms with Gasteiger partial charge in [-0.3, -0.25) is 4.90 Å². The first kappa shape index (κ1) is 9.96. The largest absolute Gasteiger partial charge is 0.395 e. The topological polar surface area (TPSA) is 26.7 Å². The Morgan fingerprint density at radius 3 is 2.67 bits per heavy atom. The van der Waals surface area contributed by atoms with E-state index in [0.29, 0.717) is 12.1 Å². The molecule has 1 heterocycles. The Balaban J connectivity index is 2.33. The second kappa shape index (κ2) is 4.21. The van der Waals surface area contributed by atoms with Crippen molar-refractivity contribution in [3.8, 4) is 0 Å². The standard InChI is InChI=1S/C9H20N2O/c1-4-8-9(7-11(8)3)10(2)5-6-12/h8-9,12H,4-7H2,1-3H3/t8-,9?/m1/s1. The quantitative estimate of drug-likeness (QED) is 0.647. The van der Waals surface area contributed by atoms with Crippen molar-refractivity contribution in [3.05, 3.63) is 0 Å². The molecule has 1 saturated heterocycles. The molecule has 0 aliphatic carbocycles. The molecule has 1 aliphatic heterocycles. The third-order valence-electron chi connectivity index (χ3n) is 2.92. The van der Waals surface area contributed by atoms with E-state index in [1.165, 1.54) is 6.42 Å². The van der Waals surface area contributed by atoms with Crippen molar-refractivity contribution in [1.29, 1.82) is 0 Å². The number of aliphatic hydroxyl groups excluding tert-OH is 1. The van der Waals surface area contributed by atoms with E-state index in [1.807, 2.05) is 0 Å². The van der Waals surface area contributed by atoms with Crippen LogP contribution in [0.1, 0.15) is 13.3 Å². The summed E-state index contributed by atoms with van der Waals surface area (Å²) in [4.78, 5) is 4.63. The molecule has 0 amide bonds. The van der Waals surface area contributed by atoms with Crippen LogP contribution < -0.4 is 0 Å². The first-order valence-electron chi connectivity index (χ1n) is 4.72. The minimum absolute atomic E-state index is 0.271. The summed E-state index contributed by atoms with van der Waals surface area (Å²) >= 11 is 0. The molecule has 1 rings (SSSR count). The van der Waals surface area contributed by atoms with Gasteiger partial charge in [0.15, 0.2) is 0 Å². The lowest BCUT2D eigenvalue weighted by Gasteiger charge is -2.49. The molecule has 0 aromatic heterocycles. The van der Waals surface area contributed by atoms with Gasteiger partial charge >= 0.3 is 0 Å². The Labute approximate surface area is 75.0 Å². The van der Waals surface area contributed by atoms with Crippen LogP contribution in [-0.2, 0) is 0 Å². The Kier molecular flexibility index (Phi) is 3.50. The summed E-state index contributed by atoms with van der Waals surface area (Å²) < 4.78 is 0. The number of nitrogens with zero attached hydrogens (tertiary/aromatic N) is 2. The van der Waals surface area contributed by atoms with Gasteiger partial charge in [0.25, 0.3) is 0 Å². The number of hydrogen-bond acceptors (Lipinski definition) is 3. The predicted molar refractivity (Wildman–Crippen MR) is 50.2 cm³/mol. The zero-order valence-electron chi connectivity index (χ0n) is 8.32. The lowest BCUT2D eigenvalue weighted by atomic mass is 9.94. The van der Waals surface area contributed by atoms with Crippen molar-refractivity contribution in [2.24, 2.45) is 0 Å². The maximum atomic E-state index is 8.77. The summed E-state index contributed by atoms with van der Waals surface area (Å²) in [6.45, 7) is 4.44. The van der Waals surface area contributed by atoms with E-state index in [9.17, 15) is 0 Å². The molecule has 2 atom stereocenters. The molecule has 1 aliphatic rings. The molecule has 0 saturated carbocycles. The van der Waals surface area contributed by atoms with Crippen LogP contribution in [0.3, 0.4) is 0 Å². The summed E-state index contributed by atoms with van der Waals surface area (Å²) in [5, 5.41) is 8.77. The average molecular weight is 172 g/mol. The van der Waals surface area contributed by atoms with Gasteiger partial charge in [0.1, 0.15) is 0 Å². The number of hydrogen-bond donors (Lipinski definition) is 1. The molecule has 0 spiro atoms. The Morgan fingerprint density at radius 2 is 2.25 bits per heavy atom. The van der Waals surface area contributed by atoms with Gasteiger partial charge in [0.05, 0.1) is 6.61 Å². The van der Waals surface area contributed by atoms with Crippen molar-refractivity contribution >= 4 is 0 Å². The van der Waals surface area contributed by atoms with Crippen molar-refractivity contribution < 1.29 is 5.11 Å². The van der Waals surface area contributed by atoms with Gasteiger partial charge in [0, 0.05) is 25.2 Å². The minimum atomic E-state index is 0.271. The minimum Gasteiger partial charge on any atom is -0.395 e. The summed E-state index contributed by atoms with van der Waals surface area (Å²) in [7, 11) is 4.26. The molecule has 3 heteroatoms. The van der Waals surface area contributed by atoms with E-state index >= 15 is 0 Å². The Hall–Kier alpha value is -0.120. The molecule has 1 fully saturated rings. The Morgan fingerprint density at radius 1 is 1.58 bits per heavy atom. The van der Waals surface area contributed by atoms with Gasteiger partial charge in [-0.05, 0) is 20.5 Å². The van der Waals surface area contributed by atoms with Crippen LogP contribution >= 0.6 is 0 Å². The van der Waals surface area contributed by atoms with Crippen LogP contribution in [0, 0.1) is 0 Å². The predicted octanol–water partition coefficient (Wildman–Crippen LogP) is 0.00310. The van der Waals surface area contributed by atoms with E-state index < -0.39 is 0 Å². The number of likely N-dealkylation sites (tertiary alicyclic amines) is 1. The van der Waals surface area contributed by atoms with Crippen LogP contribution in [0.2, 0.25) is 0 Å². The molecule has 3 nitrogen and oxygen atoms in total. The highest BCUT2D eigenvalue weighted by atomic mass is 16.3. The molecular weight excluding hydrogens is 152 g/mol. The summed E-state index contributed by atoms with van der Waals surface area (Å²) in [5.74, 6) is 0. The number of likely N-dealkylation sites (N-methyl/N-ethyl adjacent to an activating group) is 2. The van der Waals surface area contributed by atoms with Gasteiger partial charge in [-0.2, -0.15) is 0 Å². The van der Waals surface area contributed by atoms with Crippen LogP contribution in [0.4, 0.5) is 0 Å². The smallest absolute Gasteiger partial charge is 0.0558 e. The highest BCUT2D eigenvalue weighted by Crippen LogP contribution is 2.22. The van der Waals surface area contributed by atoms with Gasteiger partial charge in [-0.15, -0.1) is 0 Å². The fraction of sp³-hybridized carbons (Fsp3) is 1.00. The molecule has 0 aromatic rings. The van der Waals surface area contributed by atoms with Crippen molar-refractivity contribution in [2.75, 3.05) is 33.8 Å². The fourth-order valence-corrected chi connectivity index (χ4v) is 2.05. The molecular formula is C9H20N2O. The second-order valence-corrected chi connectivity index (χ2v) is 3.69. The number of aliphatic hydroxyl groups is 1. The molecule has 12 heavy (non-hydrogen) atoms. The number of rotatable bonds is 4. The van der Waals surface area contributed by atoms with E-state index in [4.69, 9.17) is 5.11 Å². The Bertz CT molecular complexity index is 140. The SMILES string of the molecule is CC[C@@H]1C(N(C)CCO)CN1C. The second-order valence-electron chi connectivity index (χ2n) is 3.69. The van der Waals surface area contributed by atoms with Crippen LogP contribution in [0.15, 0.2) is 0 Å². The lowest BCUT2D eigenvalue weighted by Crippen LogP contribution is -2.64. The first-order chi connectivity index (χ1) is 5.70. The third kappa shape index (κ3) is 1.79. The van der Waals surface area contributed by atoms with Gasteiger partial charge in [0.2, 0.25) is 0 Å². The molecule has 1 unspecified atom stereocenters. The van der Waals surface area contributed by atoms with E-state index in [1.54, 1.807) is 0 Å². The van der Waals surface area contributed by atoms with E-state index in [2.05, 4.69) is 30.8 Å². The highest BCUT2D eigenvalue weighted by molar-refractivity contribution is 4.94. The third-order valence-corrected chi connectivity index (χ3v) is 2.92. The molecule has 1 N–H and O–H groups in total. The van der Waals surface area contributed by atoms with Crippen LogP contribution in [-0.4, -0.2) is 60.8 Å². The fourth-order valence-electron chi connectivity index (χ4n) is 2.05. The van der Waals surface area contributed by atoms with Crippen molar-refractivity contribution in [2.45, 2.75) is 25.4 Å². The zero-order chi connectivity index (χ0) is 9.14. The van der Waals surface area contributed by atoms with E-state index in [-0.39, 0.29) is 6.61 Å². The zero-order valence-corrected chi connectivity index (χ0v) is 8.32. The van der Waals surface area contributed by atoms with Gasteiger partial charge < -0.3 is 10.0 Å². The molecule has 72 valence electrons. The van der Waals surface area contributed by atoms with Crippen LogP contribution in [0.5, 0.6) is 0 Å². The maximum absolute atomic E-state index is 8.77. The monoisotopic (exact) mass is 172 g/mol. The highest BCUT2D eigenvalue weighted by Gasteiger charge is 2.36. The lowest BCUT2D eigenvalue weighted by molar-refractivity contribution is -0.00658. The summed E-state index contributed by atoms with van der Waals surface area (Å²) in [6, 6.07) is 1.36.